The molecule has 1 atom stereocenters. The molecule has 0 saturated heterocycles. The van der Waals surface area contributed by atoms with Crippen LogP contribution in [0.1, 0.15) is 34.8 Å². The van der Waals surface area contributed by atoms with Gasteiger partial charge in [0.1, 0.15) is 0 Å². The monoisotopic (exact) mass is 337 g/mol. The number of thiophene rings is 1. The summed E-state index contributed by atoms with van der Waals surface area (Å²) in [6.07, 6.45) is 5.86. The van der Waals surface area contributed by atoms with Crippen molar-refractivity contribution < 1.29 is 0 Å². The van der Waals surface area contributed by atoms with Crippen molar-refractivity contribution in [3.8, 4) is 10.4 Å². The van der Waals surface area contributed by atoms with Crippen molar-refractivity contribution in [3.05, 3.63) is 82.5 Å². The summed E-state index contributed by atoms with van der Waals surface area (Å²) in [5.41, 5.74) is 5.22. The molecule has 2 heterocycles. The van der Waals surface area contributed by atoms with Crippen molar-refractivity contribution in [1.29, 1.82) is 0 Å². The zero-order valence-electron chi connectivity index (χ0n) is 12.6. The van der Waals surface area contributed by atoms with Gasteiger partial charge in [0, 0.05) is 33.1 Å². The molecule has 4 rings (SSSR count). The molecular weight excluding hydrogens is 322 g/mol. The van der Waals surface area contributed by atoms with E-state index in [2.05, 4.69) is 41.9 Å². The molecule has 0 spiro atoms. The quantitative estimate of drug-likeness (QED) is 0.527. The van der Waals surface area contributed by atoms with Gasteiger partial charge in [0.15, 0.2) is 0 Å². The third-order valence-electron chi connectivity index (χ3n) is 4.43. The number of pyridine rings is 1. The summed E-state index contributed by atoms with van der Waals surface area (Å²) < 4.78 is 0. The van der Waals surface area contributed by atoms with Gasteiger partial charge in [-0.15, -0.1) is 11.3 Å². The molecular formula is C20H16ClNS. The van der Waals surface area contributed by atoms with Crippen molar-refractivity contribution in [1.82, 2.24) is 4.98 Å². The van der Waals surface area contributed by atoms with Crippen LogP contribution in [0.2, 0.25) is 5.02 Å². The van der Waals surface area contributed by atoms with Gasteiger partial charge in [0.2, 0.25) is 0 Å². The normalized spacial score (nSPS) is 17.1. The number of fused-ring (bicyclic) bond motifs is 1. The maximum Gasteiger partial charge on any atom is 0.0406 e. The first-order valence-corrected chi connectivity index (χ1v) is 8.89. The molecule has 1 aliphatic rings. The zero-order chi connectivity index (χ0) is 15.8. The molecule has 0 bridgehead atoms. The van der Waals surface area contributed by atoms with E-state index in [1.165, 1.54) is 32.0 Å². The maximum atomic E-state index is 6.04. The summed E-state index contributed by atoms with van der Waals surface area (Å²) in [7, 11) is 0. The lowest BCUT2D eigenvalue weighted by atomic mass is 9.81. The number of aromatic nitrogens is 1. The molecule has 114 valence electrons. The third-order valence-corrected chi connectivity index (χ3v) is 5.98. The van der Waals surface area contributed by atoms with Crippen LogP contribution in [-0.4, -0.2) is 4.98 Å². The van der Waals surface area contributed by atoms with Gasteiger partial charge >= 0.3 is 0 Å². The highest BCUT2D eigenvalue weighted by Crippen LogP contribution is 2.47. The minimum atomic E-state index is 0.430. The van der Waals surface area contributed by atoms with E-state index < -0.39 is 0 Å². The first kappa shape index (κ1) is 14.7. The lowest BCUT2D eigenvalue weighted by Crippen LogP contribution is -2.07. The fourth-order valence-corrected chi connectivity index (χ4v) is 4.58. The lowest BCUT2D eigenvalue weighted by molar-refractivity contribution is 0.718. The van der Waals surface area contributed by atoms with E-state index in [9.17, 15) is 0 Å². The number of hydrogen-bond acceptors (Lipinski definition) is 2. The Morgan fingerprint density at radius 1 is 1.09 bits per heavy atom. The van der Waals surface area contributed by atoms with Crippen molar-refractivity contribution in [2.45, 2.75) is 18.8 Å². The Morgan fingerprint density at radius 2 is 1.83 bits per heavy atom. The standard InChI is InChI=1S/C20H16ClNS/c1-13-2-7-17(14-3-5-16(21)6-4-14)18-12-19(23-20(13)18)15-8-10-22-11-9-15/h3-6,8-12,17H,1-2,7H2. The van der Waals surface area contributed by atoms with Crippen LogP contribution in [0.3, 0.4) is 0 Å². The van der Waals surface area contributed by atoms with E-state index in [4.69, 9.17) is 11.6 Å². The van der Waals surface area contributed by atoms with Crippen molar-refractivity contribution in [3.63, 3.8) is 0 Å². The minimum Gasteiger partial charge on any atom is -0.265 e. The van der Waals surface area contributed by atoms with E-state index in [-0.39, 0.29) is 0 Å². The molecule has 23 heavy (non-hydrogen) atoms. The largest absolute Gasteiger partial charge is 0.265 e. The highest BCUT2D eigenvalue weighted by Gasteiger charge is 2.26. The lowest BCUT2D eigenvalue weighted by Gasteiger charge is -2.24. The number of allylic oxidation sites excluding steroid dienone is 1. The average Bonchev–Trinajstić information content (AvgIpc) is 3.03. The Morgan fingerprint density at radius 3 is 2.57 bits per heavy atom. The second-order valence-electron chi connectivity index (χ2n) is 5.88. The third kappa shape index (κ3) is 2.73. The van der Waals surface area contributed by atoms with Gasteiger partial charge in [-0.3, -0.25) is 4.98 Å². The predicted molar refractivity (Wildman–Crippen MR) is 99.1 cm³/mol. The molecule has 0 fully saturated rings. The highest BCUT2D eigenvalue weighted by atomic mass is 35.5. The summed E-state index contributed by atoms with van der Waals surface area (Å²) in [5.74, 6) is 0.430. The van der Waals surface area contributed by atoms with Crippen LogP contribution in [0, 0.1) is 0 Å². The smallest absolute Gasteiger partial charge is 0.0406 e. The van der Waals surface area contributed by atoms with Gasteiger partial charge in [-0.1, -0.05) is 30.3 Å². The average molecular weight is 338 g/mol. The number of nitrogens with zero attached hydrogens (tertiary/aromatic N) is 1. The molecule has 0 N–H and O–H groups in total. The summed E-state index contributed by atoms with van der Waals surface area (Å²) >= 11 is 7.88. The van der Waals surface area contributed by atoms with Gasteiger partial charge in [-0.05, 0) is 65.4 Å². The van der Waals surface area contributed by atoms with E-state index in [1.807, 2.05) is 35.9 Å². The summed E-state index contributed by atoms with van der Waals surface area (Å²) in [4.78, 5) is 6.75. The van der Waals surface area contributed by atoms with Gasteiger partial charge in [0.25, 0.3) is 0 Å². The molecule has 0 radical (unpaired) electrons. The first-order valence-electron chi connectivity index (χ1n) is 7.70. The van der Waals surface area contributed by atoms with E-state index in [0.717, 1.165) is 17.9 Å². The second kappa shape index (κ2) is 5.95. The highest BCUT2D eigenvalue weighted by molar-refractivity contribution is 7.16. The van der Waals surface area contributed by atoms with Gasteiger partial charge in [-0.2, -0.15) is 0 Å². The number of halogens is 1. The SMILES string of the molecule is C=C1CCC(c2ccc(Cl)cc2)c2cc(-c3ccncc3)sc21. The summed E-state index contributed by atoms with van der Waals surface area (Å²) in [5, 5.41) is 0.789. The zero-order valence-corrected chi connectivity index (χ0v) is 14.2. The minimum absolute atomic E-state index is 0.430. The molecule has 1 unspecified atom stereocenters. The van der Waals surface area contributed by atoms with Crippen LogP contribution in [0.15, 0.2) is 61.4 Å². The predicted octanol–water partition coefficient (Wildman–Crippen LogP) is 6.40. The van der Waals surface area contributed by atoms with E-state index in [1.54, 1.807) is 0 Å². The fraction of sp³-hybridized carbons (Fsp3) is 0.150. The molecule has 0 amide bonds. The second-order valence-corrected chi connectivity index (χ2v) is 7.37. The molecule has 0 aliphatic heterocycles. The van der Waals surface area contributed by atoms with Gasteiger partial charge < -0.3 is 0 Å². The number of rotatable bonds is 2. The molecule has 3 aromatic rings. The topological polar surface area (TPSA) is 12.9 Å². The van der Waals surface area contributed by atoms with Crippen LogP contribution in [0.25, 0.3) is 16.0 Å². The van der Waals surface area contributed by atoms with E-state index >= 15 is 0 Å². The van der Waals surface area contributed by atoms with Crippen LogP contribution in [0.4, 0.5) is 0 Å². The van der Waals surface area contributed by atoms with Gasteiger partial charge in [0.05, 0.1) is 0 Å². The molecule has 1 nitrogen and oxygen atoms in total. The Hall–Kier alpha value is -1.90. The van der Waals surface area contributed by atoms with Crippen LogP contribution in [0.5, 0.6) is 0 Å². The number of hydrogen-bond donors (Lipinski definition) is 0. The Kier molecular flexibility index (Phi) is 3.80. The Balaban J connectivity index is 1.80. The number of benzene rings is 1. The Bertz CT molecular complexity index is 849. The van der Waals surface area contributed by atoms with Crippen LogP contribution >= 0.6 is 22.9 Å². The molecule has 1 aromatic carbocycles. The van der Waals surface area contributed by atoms with Crippen molar-refractivity contribution >= 4 is 28.5 Å². The van der Waals surface area contributed by atoms with Crippen LogP contribution < -0.4 is 0 Å². The van der Waals surface area contributed by atoms with Crippen molar-refractivity contribution in [2.24, 2.45) is 0 Å². The van der Waals surface area contributed by atoms with Gasteiger partial charge in [-0.25, -0.2) is 0 Å². The molecule has 1 aliphatic carbocycles. The Labute approximate surface area is 145 Å². The molecule has 3 heteroatoms. The molecule has 0 saturated carbocycles. The maximum absolute atomic E-state index is 6.04. The first-order chi connectivity index (χ1) is 11.2. The molecule has 2 aromatic heterocycles. The fourth-order valence-electron chi connectivity index (χ4n) is 3.23. The van der Waals surface area contributed by atoms with Crippen LogP contribution in [-0.2, 0) is 0 Å². The summed E-state index contributed by atoms with van der Waals surface area (Å²) in [6.45, 7) is 4.28. The van der Waals surface area contributed by atoms with Crippen molar-refractivity contribution in [2.75, 3.05) is 0 Å². The van der Waals surface area contributed by atoms with E-state index in [0.29, 0.717) is 5.92 Å². The summed E-state index contributed by atoms with van der Waals surface area (Å²) in [6, 6.07) is 14.7.